The average Bonchev–Trinajstić information content (AvgIpc) is 3.32. The van der Waals surface area contributed by atoms with E-state index in [1.54, 1.807) is 54.6 Å². The van der Waals surface area contributed by atoms with E-state index in [4.69, 9.17) is 23.2 Å². The van der Waals surface area contributed by atoms with Gasteiger partial charge in [-0.2, -0.15) is 0 Å². The summed E-state index contributed by atoms with van der Waals surface area (Å²) in [5, 5.41) is 11.0. The molecule has 7 rings (SSSR count). The summed E-state index contributed by atoms with van der Waals surface area (Å²) >= 11 is 14.5. The van der Waals surface area contributed by atoms with Gasteiger partial charge in [0.1, 0.15) is 11.6 Å². The molecule has 4 aromatic rings. The minimum atomic E-state index is -2.14. The maximum atomic E-state index is 14.2. The second-order valence-electron chi connectivity index (χ2n) is 10.5. The lowest BCUT2D eigenvalue weighted by atomic mass is 9.64. The van der Waals surface area contributed by atoms with Crippen LogP contribution >= 0.6 is 23.2 Å². The minimum Gasteiger partial charge on any atom is -0.508 e. The number of para-hydroxylation sites is 2. The van der Waals surface area contributed by atoms with Gasteiger partial charge in [-0.15, -0.1) is 23.2 Å². The Kier molecular flexibility index (Phi) is 5.70. The predicted octanol–water partition coefficient (Wildman–Crippen LogP) is 3.84. The largest absolute Gasteiger partial charge is 0.508 e. The zero-order chi connectivity index (χ0) is 29.6. The van der Waals surface area contributed by atoms with Crippen LogP contribution in [0.2, 0.25) is 0 Å². The molecule has 3 aliphatic rings. The van der Waals surface area contributed by atoms with Crippen LogP contribution in [0.1, 0.15) is 23.9 Å². The summed E-state index contributed by atoms with van der Waals surface area (Å²) in [5.41, 5.74) is -0.142. The second kappa shape index (κ2) is 9.04. The van der Waals surface area contributed by atoms with E-state index >= 15 is 0 Å². The van der Waals surface area contributed by atoms with E-state index in [1.807, 2.05) is 0 Å². The summed E-state index contributed by atoms with van der Waals surface area (Å²) in [4.78, 5) is 52.3. The molecule has 1 saturated carbocycles. The van der Waals surface area contributed by atoms with Crippen molar-refractivity contribution in [1.29, 1.82) is 0 Å². The standard InChI is InChI=1S/C30H21Cl2FN4O5/c31-29-16-22-20(14-15-34-27(41)36(28(42)37(22)34)18-6-2-1-3-7-18)24(21-8-4-5-9-23(21)38)30(29,32)26(40)35(25(29)39)19-12-10-17(33)11-13-19/h1-14,22,24,38H,15-16H2/t22-,24-,29-,30+/m1/s1. The van der Waals surface area contributed by atoms with Crippen LogP contribution in [0.5, 0.6) is 5.75 Å². The maximum absolute atomic E-state index is 14.2. The molecule has 2 aliphatic heterocycles. The Morgan fingerprint density at radius 1 is 0.810 bits per heavy atom. The number of benzene rings is 3. The van der Waals surface area contributed by atoms with Crippen molar-refractivity contribution < 1.29 is 19.1 Å². The van der Waals surface area contributed by atoms with Crippen LogP contribution in [0.25, 0.3) is 5.69 Å². The summed E-state index contributed by atoms with van der Waals surface area (Å²) in [6, 6.07) is 18.4. The molecule has 0 radical (unpaired) electrons. The number of alkyl halides is 2. The van der Waals surface area contributed by atoms with E-state index in [0.29, 0.717) is 11.3 Å². The Balaban J connectivity index is 1.48. The van der Waals surface area contributed by atoms with Gasteiger partial charge in [0.05, 0.1) is 24.0 Å². The van der Waals surface area contributed by atoms with Gasteiger partial charge in [0.25, 0.3) is 11.8 Å². The van der Waals surface area contributed by atoms with E-state index in [-0.39, 0.29) is 30.0 Å². The Hall–Kier alpha value is -4.41. The molecule has 0 spiro atoms. The Bertz CT molecular complexity index is 1950. The van der Waals surface area contributed by atoms with Crippen molar-refractivity contribution in [3.8, 4) is 11.4 Å². The first-order valence-electron chi connectivity index (χ1n) is 13.1. The number of aromatic nitrogens is 3. The summed E-state index contributed by atoms with van der Waals surface area (Å²) in [6.45, 7) is -0.0318. The number of phenolic OH excluding ortho intramolecular Hbond substituents is 1. The molecule has 9 nitrogen and oxygen atoms in total. The first-order chi connectivity index (χ1) is 20.1. The van der Waals surface area contributed by atoms with Gasteiger partial charge in [0.15, 0.2) is 9.75 Å². The van der Waals surface area contributed by atoms with Gasteiger partial charge in [-0.3, -0.25) is 9.59 Å². The van der Waals surface area contributed by atoms with E-state index < -0.39 is 50.7 Å². The fourth-order valence-electron chi connectivity index (χ4n) is 6.54. The highest BCUT2D eigenvalue weighted by Crippen LogP contribution is 2.64. The van der Waals surface area contributed by atoms with Gasteiger partial charge >= 0.3 is 11.4 Å². The van der Waals surface area contributed by atoms with Crippen LogP contribution in [0.4, 0.5) is 10.1 Å². The number of allylic oxidation sites excluding steroid dienone is 2. The van der Waals surface area contributed by atoms with Gasteiger partial charge in [-0.05, 0) is 48.0 Å². The number of hydrogen-bond donors (Lipinski definition) is 1. The van der Waals surface area contributed by atoms with Gasteiger partial charge in [-0.1, -0.05) is 42.5 Å². The van der Waals surface area contributed by atoms with Gasteiger partial charge < -0.3 is 5.11 Å². The summed E-state index contributed by atoms with van der Waals surface area (Å²) in [7, 11) is 0. The van der Waals surface area contributed by atoms with Crippen molar-refractivity contribution in [2.24, 2.45) is 0 Å². The van der Waals surface area contributed by atoms with E-state index in [9.17, 15) is 28.7 Å². The van der Waals surface area contributed by atoms with Crippen LogP contribution in [0, 0.1) is 5.82 Å². The lowest BCUT2D eigenvalue weighted by molar-refractivity contribution is -0.122. The number of carbonyl (C=O) groups is 2. The molecule has 2 amide bonds. The third-order valence-electron chi connectivity index (χ3n) is 8.43. The fourth-order valence-corrected chi connectivity index (χ4v) is 7.44. The van der Waals surface area contributed by atoms with Crippen molar-refractivity contribution in [3.05, 3.63) is 123 Å². The molecular formula is C30H21Cl2FN4O5. The van der Waals surface area contributed by atoms with E-state index in [2.05, 4.69) is 0 Å². The molecule has 0 bridgehead atoms. The number of halogens is 3. The number of aromatic hydroxyl groups is 1. The van der Waals surface area contributed by atoms with Gasteiger partial charge in [-0.25, -0.2) is 32.8 Å². The van der Waals surface area contributed by atoms with Crippen LogP contribution < -0.4 is 16.3 Å². The van der Waals surface area contributed by atoms with Crippen molar-refractivity contribution in [3.63, 3.8) is 0 Å². The number of nitrogens with zero attached hydrogens (tertiary/aromatic N) is 4. The zero-order valence-electron chi connectivity index (χ0n) is 21.7. The molecule has 1 aromatic heterocycles. The third-order valence-corrected chi connectivity index (χ3v) is 9.84. The fraction of sp³-hybridized carbons (Fsp3) is 0.200. The molecule has 0 unspecified atom stereocenters. The molecule has 212 valence electrons. The van der Waals surface area contributed by atoms with Gasteiger partial charge in [0, 0.05) is 17.9 Å². The molecular weight excluding hydrogens is 586 g/mol. The van der Waals surface area contributed by atoms with Gasteiger partial charge in [0.2, 0.25) is 0 Å². The third kappa shape index (κ3) is 3.30. The number of anilines is 1. The number of rotatable bonds is 3. The normalized spacial score (nSPS) is 26.5. The van der Waals surface area contributed by atoms with Crippen LogP contribution in [0.15, 0.2) is 100 Å². The highest BCUT2D eigenvalue weighted by atomic mass is 35.5. The number of imide groups is 1. The van der Waals surface area contributed by atoms with E-state index in [0.717, 1.165) is 21.6 Å². The number of amides is 2. The molecule has 1 saturated heterocycles. The monoisotopic (exact) mass is 606 g/mol. The van der Waals surface area contributed by atoms with Crippen LogP contribution in [-0.2, 0) is 16.1 Å². The van der Waals surface area contributed by atoms with Crippen molar-refractivity contribution in [1.82, 2.24) is 13.9 Å². The maximum Gasteiger partial charge on any atom is 0.352 e. The lowest BCUT2D eigenvalue weighted by Gasteiger charge is -2.49. The second-order valence-corrected chi connectivity index (χ2v) is 11.8. The SMILES string of the molecule is O=C1N(c2ccc(F)cc2)C(=O)[C@@]2(Cl)[C@@H](c3ccccc3O)C3=CCn4c(=O)n(-c5ccccc5)c(=O)n4[C@@H]3C[C@@]12Cl. The molecule has 3 aromatic carbocycles. The lowest BCUT2D eigenvalue weighted by Crippen LogP contribution is -2.59. The average molecular weight is 607 g/mol. The first kappa shape index (κ1) is 26.5. The molecule has 4 atom stereocenters. The number of fused-ring (bicyclic) bond motifs is 4. The number of hydrogen-bond acceptors (Lipinski definition) is 5. The first-order valence-corrected chi connectivity index (χ1v) is 13.8. The molecule has 3 heterocycles. The van der Waals surface area contributed by atoms with E-state index in [1.165, 1.54) is 27.6 Å². The van der Waals surface area contributed by atoms with Crippen LogP contribution in [-0.4, -0.2) is 40.6 Å². The van der Waals surface area contributed by atoms with Crippen molar-refractivity contribution >= 4 is 40.7 Å². The number of carbonyl (C=O) groups excluding carboxylic acids is 2. The summed E-state index contributed by atoms with van der Waals surface area (Å²) in [6.07, 6.45) is 1.38. The highest BCUT2D eigenvalue weighted by molar-refractivity contribution is 6.58. The molecule has 12 heteroatoms. The Labute approximate surface area is 247 Å². The number of phenols is 1. The molecule has 42 heavy (non-hydrogen) atoms. The Morgan fingerprint density at radius 2 is 1.48 bits per heavy atom. The minimum absolute atomic E-state index is 0.0318. The van der Waals surface area contributed by atoms with Crippen LogP contribution in [0.3, 0.4) is 0 Å². The topological polar surface area (TPSA) is 107 Å². The smallest absolute Gasteiger partial charge is 0.352 e. The summed E-state index contributed by atoms with van der Waals surface area (Å²) < 4.78 is 17.3. The predicted molar refractivity (Wildman–Crippen MR) is 153 cm³/mol. The quantitative estimate of drug-likeness (QED) is 0.217. The summed E-state index contributed by atoms with van der Waals surface area (Å²) in [5.74, 6) is -3.64. The zero-order valence-corrected chi connectivity index (χ0v) is 23.2. The molecule has 1 aliphatic carbocycles. The molecule has 2 fully saturated rings. The van der Waals surface area contributed by atoms with Crippen molar-refractivity contribution in [2.75, 3.05) is 4.90 Å². The highest BCUT2D eigenvalue weighted by Gasteiger charge is 2.76. The van der Waals surface area contributed by atoms with Crippen molar-refractivity contribution in [2.45, 2.75) is 34.7 Å². The Morgan fingerprint density at radius 3 is 2.17 bits per heavy atom. The molecule has 1 N–H and O–H groups in total.